The van der Waals surface area contributed by atoms with Crippen LogP contribution in [0.15, 0.2) is 60.7 Å². The zero-order valence-corrected chi connectivity index (χ0v) is 15.0. The first-order chi connectivity index (χ1) is 12.6. The lowest BCUT2D eigenvalue weighted by Crippen LogP contribution is -2.36. The first kappa shape index (κ1) is 18.5. The molecule has 1 unspecified atom stereocenters. The minimum Gasteiger partial charge on any atom is -0.461 e. The molecule has 0 aliphatic carbocycles. The van der Waals surface area contributed by atoms with E-state index in [2.05, 4.69) is 0 Å². The van der Waals surface area contributed by atoms with Gasteiger partial charge in [0, 0.05) is 5.25 Å². The van der Waals surface area contributed by atoms with Crippen molar-refractivity contribution in [2.24, 2.45) is 0 Å². The minimum absolute atomic E-state index is 0.0180. The van der Waals surface area contributed by atoms with Crippen molar-refractivity contribution in [1.82, 2.24) is 0 Å². The number of alkyl halides is 1. The van der Waals surface area contributed by atoms with Gasteiger partial charge in [-0.2, -0.15) is 0 Å². The second-order valence-electron chi connectivity index (χ2n) is 6.02. The highest BCUT2D eigenvalue weighted by atomic mass is 32.2. The summed E-state index contributed by atoms with van der Waals surface area (Å²) in [4.78, 5) is 24.3. The molecule has 0 spiro atoms. The standard InChI is InChI=1S/C20H19FO4S/c1-13-17(21)18(25-20(23)15-10-6-3-7-11-15)16(26-13)12-24-19(22)14-8-4-2-5-9-14/h2-11,13,16-18H,12H2,1H3/t13?,16-,17+,18+/m0/s1. The lowest BCUT2D eigenvalue weighted by Gasteiger charge is -2.20. The van der Waals surface area contributed by atoms with Gasteiger partial charge in [-0.05, 0) is 24.3 Å². The highest BCUT2D eigenvalue weighted by molar-refractivity contribution is 8.00. The average Bonchev–Trinajstić information content (AvgIpc) is 2.95. The van der Waals surface area contributed by atoms with Crippen molar-refractivity contribution < 1.29 is 23.5 Å². The minimum atomic E-state index is -1.31. The summed E-state index contributed by atoms with van der Waals surface area (Å²) in [6.45, 7) is 1.72. The highest BCUT2D eigenvalue weighted by Gasteiger charge is 2.45. The van der Waals surface area contributed by atoms with Gasteiger partial charge in [0.2, 0.25) is 0 Å². The summed E-state index contributed by atoms with van der Waals surface area (Å²) in [5.41, 5.74) is 0.794. The van der Waals surface area contributed by atoms with Crippen molar-refractivity contribution in [2.45, 2.75) is 29.7 Å². The van der Waals surface area contributed by atoms with E-state index in [0.29, 0.717) is 11.1 Å². The van der Waals surface area contributed by atoms with E-state index in [4.69, 9.17) is 9.47 Å². The maximum atomic E-state index is 14.5. The Balaban J connectivity index is 1.63. The topological polar surface area (TPSA) is 52.6 Å². The van der Waals surface area contributed by atoms with Gasteiger partial charge in [0.05, 0.1) is 16.4 Å². The monoisotopic (exact) mass is 374 g/mol. The molecule has 1 saturated heterocycles. The van der Waals surface area contributed by atoms with Crippen molar-refractivity contribution in [1.29, 1.82) is 0 Å². The van der Waals surface area contributed by atoms with Crippen molar-refractivity contribution in [3.05, 3.63) is 71.8 Å². The van der Waals surface area contributed by atoms with E-state index in [1.807, 2.05) is 0 Å². The van der Waals surface area contributed by atoms with Crippen LogP contribution in [0.3, 0.4) is 0 Å². The molecule has 0 bridgehead atoms. The molecule has 1 aliphatic heterocycles. The summed E-state index contributed by atoms with van der Waals surface area (Å²) in [6.07, 6.45) is -2.26. The number of carbonyl (C=O) groups excluding carboxylic acids is 2. The number of rotatable bonds is 5. The van der Waals surface area contributed by atoms with E-state index in [1.54, 1.807) is 67.6 Å². The van der Waals surface area contributed by atoms with Crippen LogP contribution in [0.4, 0.5) is 4.39 Å². The Bertz CT molecular complexity index is 753. The summed E-state index contributed by atoms with van der Waals surface area (Å²) in [5.74, 6) is -1.05. The normalized spacial score (nSPS) is 24.8. The fourth-order valence-corrected chi connectivity index (χ4v) is 4.12. The smallest absolute Gasteiger partial charge is 0.338 e. The molecule has 0 amide bonds. The number of esters is 2. The second-order valence-corrected chi connectivity index (χ2v) is 7.65. The van der Waals surface area contributed by atoms with E-state index in [1.165, 1.54) is 11.8 Å². The van der Waals surface area contributed by atoms with Crippen LogP contribution in [0.25, 0.3) is 0 Å². The fourth-order valence-electron chi connectivity index (χ4n) is 2.76. The first-order valence-corrected chi connectivity index (χ1v) is 9.28. The Morgan fingerprint density at radius 3 is 2.08 bits per heavy atom. The van der Waals surface area contributed by atoms with Crippen LogP contribution in [-0.2, 0) is 9.47 Å². The van der Waals surface area contributed by atoms with Gasteiger partial charge in [0.1, 0.15) is 18.9 Å². The largest absolute Gasteiger partial charge is 0.461 e. The molecule has 26 heavy (non-hydrogen) atoms. The first-order valence-electron chi connectivity index (χ1n) is 8.34. The molecule has 1 fully saturated rings. The average molecular weight is 374 g/mol. The van der Waals surface area contributed by atoms with Gasteiger partial charge < -0.3 is 9.47 Å². The molecule has 0 aromatic heterocycles. The maximum absolute atomic E-state index is 14.5. The van der Waals surface area contributed by atoms with Crippen molar-refractivity contribution in [3.63, 3.8) is 0 Å². The third kappa shape index (κ3) is 4.25. The lowest BCUT2D eigenvalue weighted by atomic mass is 10.1. The molecule has 136 valence electrons. The Kier molecular flexibility index (Phi) is 5.93. The second kappa shape index (κ2) is 8.36. The molecule has 1 aliphatic rings. The predicted octanol–water partition coefficient (Wildman–Crippen LogP) is 3.91. The molecule has 0 radical (unpaired) electrons. The van der Waals surface area contributed by atoms with Crippen molar-refractivity contribution in [3.8, 4) is 0 Å². The van der Waals surface area contributed by atoms with Gasteiger partial charge in [-0.1, -0.05) is 43.3 Å². The van der Waals surface area contributed by atoms with Crippen LogP contribution in [0.1, 0.15) is 27.6 Å². The predicted molar refractivity (Wildman–Crippen MR) is 98.1 cm³/mol. The molecule has 3 rings (SSSR count). The van der Waals surface area contributed by atoms with E-state index in [9.17, 15) is 14.0 Å². The van der Waals surface area contributed by atoms with Crippen molar-refractivity contribution >= 4 is 23.7 Å². The molecule has 6 heteroatoms. The molecular formula is C20H19FO4S. The molecule has 4 atom stereocenters. The fraction of sp³-hybridized carbons (Fsp3) is 0.300. The van der Waals surface area contributed by atoms with Crippen LogP contribution in [0, 0.1) is 0 Å². The molecule has 0 N–H and O–H groups in total. The van der Waals surface area contributed by atoms with E-state index in [0.717, 1.165) is 0 Å². The van der Waals surface area contributed by atoms with Gasteiger partial charge in [0.15, 0.2) is 0 Å². The maximum Gasteiger partial charge on any atom is 0.338 e. The number of carbonyl (C=O) groups is 2. The number of hydrogen-bond donors (Lipinski definition) is 0. The summed E-state index contributed by atoms with van der Waals surface area (Å²) in [7, 11) is 0. The Morgan fingerprint density at radius 1 is 0.962 bits per heavy atom. The third-order valence-electron chi connectivity index (χ3n) is 4.16. The molecular weight excluding hydrogens is 355 g/mol. The van der Waals surface area contributed by atoms with Crippen LogP contribution >= 0.6 is 11.8 Å². The van der Waals surface area contributed by atoms with Crippen LogP contribution in [0.2, 0.25) is 0 Å². The molecule has 1 heterocycles. The van der Waals surface area contributed by atoms with Gasteiger partial charge in [-0.15, -0.1) is 11.8 Å². The summed E-state index contributed by atoms with van der Waals surface area (Å²) in [6, 6.07) is 17.0. The highest BCUT2D eigenvalue weighted by Crippen LogP contribution is 2.38. The molecule has 0 saturated carbocycles. The number of hydrogen-bond acceptors (Lipinski definition) is 5. The van der Waals surface area contributed by atoms with E-state index < -0.39 is 29.5 Å². The summed E-state index contributed by atoms with van der Waals surface area (Å²) < 4.78 is 25.2. The SMILES string of the molecule is CC1S[C@@H](COC(=O)c2ccccc2)[C@@H](OC(=O)c2ccccc2)[C@@H]1F. The summed E-state index contributed by atoms with van der Waals surface area (Å²) in [5, 5.41) is -0.788. The van der Waals surface area contributed by atoms with Crippen molar-refractivity contribution in [2.75, 3.05) is 6.61 Å². The van der Waals surface area contributed by atoms with Gasteiger partial charge in [-0.3, -0.25) is 0 Å². The quantitative estimate of drug-likeness (QED) is 0.743. The van der Waals surface area contributed by atoms with Gasteiger partial charge in [-0.25, -0.2) is 14.0 Å². The number of halogens is 1. The van der Waals surface area contributed by atoms with Crippen LogP contribution < -0.4 is 0 Å². The number of benzene rings is 2. The van der Waals surface area contributed by atoms with Crippen LogP contribution in [0.5, 0.6) is 0 Å². The number of ether oxygens (including phenoxy) is 2. The third-order valence-corrected chi connectivity index (χ3v) is 5.60. The molecule has 2 aromatic rings. The Hall–Kier alpha value is -2.34. The Labute approximate surface area is 155 Å². The molecule has 4 nitrogen and oxygen atoms in total. The van der Waals surface area contributed by atoms with Gasteiger partial charge in [0.25, 0.3) is 0 Å². The molecule has 2 aromatic carbocycles. The zero-order chi connectivity index (χ0) is 18.5. The van der Waals surface area contributed by atoms with Crippen LogP contribution in [-0.4, -0.2) is 41.3 Å². The van der Waals surface area contributed by atoms with E-state index in [-0.39, 0.29) is 11.9 Å². The van der Waals surface area contributed by atoms with E-state index >= 15 is 0 Å². The lowest BCUT2D eigenvalue weighted by molar-refractivity contribution is 0.00209. The number of thioether (sulfide) groups is 1. The Morgan fingerprint density at radius 2 is 1.50 bits per heavy atom. The van der Waals surface area contributed by atoms with Gasteiger partial charge >= 0.3 is 11.9 Å². The zero-order valence-electron chi connectivity index (χ0n) is 14.2. The summed E-state index contributed by atoms with van der Waals surface area (Å²) >= 11 is 1.33.